The van der Waals surface area contributed by atoms with E-state index in [1.54, 1.807) is 0 Å². The molecule has 0 saturated carbocycles. The molecule has 0 radical (unpaired) electrons. The van der Waals surface area contributed by atoms with Crippen molar-refractivity contribution in [1.29, 1.82) is 0 Å². The molecule has 0 aromatic heterocycles. The number of hydrogen-bond acceptors (Lipinski definition) is 3. The van der Waals surface area contributed by atoms with E-state index in [0.29, 0.717) is 6.04 Å². The second-order valence-corrected chi connectivity index (χ2v) is 7.95. The van der Waals surface area contributed by atoms with Gasteiger partial charge in [0.2, 0.25) is 0 Å². The van der Waals surface area contributed by atoms with Crippen molar-refractivity contribution < 1.29 is 0 Å². The van der Waals surface area contributed by atoms with Crippen molar-refractivity contribution in [3.8, 4) is 0 Å². The summed E-state index contributed by atoms with van der Waals surface area (Å²) in [5, 5.41) is 3.53. The molecule has 2 atom stereocenters. The first kappa shape index (κ1) is 20.5. The molecule has 2 aliphatic heterocycles. The quantitative estimate of drug-likeness (QED) is 0.564. The zero-order valence-corrected chi connectivity index (χ0v) is 17.3. The minimum absolute atomic E-state index is 0.528. The minimum Gasteiger partial charge on any atom is -0.357 e. The second-order valence-electron chi connectivity index (χ2n) is 7.95. The number of aliphatic imine (C=N–C) groups is 1. The fourth-order valence-corrected chi connectivity index (χ4v) is 4.34. The van der Waals surface area contributed by atoms with Crippen LogP contribution < -0.4 is 5.32 Å². The van der Waals surface area contributed by atoms with E-state index in [4.69, 9.17) is 4.99 Å². The Labute approximate surface area is 155 Å². The predicted octanol–water partition coefficient (Wildman–Crippen LogP) is 2.35. The molecular weight excluding hydrogens is 310 g/mol. The highest BCUT2D eigenvalue weighted by atomic mass is 15.3. The smallest absolute Gasteiger partial charge is 0.193 e. The topological polar surface area (TPSA) is 34.1 Å². The van der Waals surface area contributed by atoms with Gasteiger partial charge in [0.15, 0.2) is 5.96 Å². The Bertz CT molecular complexity index is 399. The van der Waals surface area contributed by atoms with Crippen molar-refractivity contribution in [2.45, 2.75) is 53.0 Å². The van der Waals surface area contributed by atoms with E-state index in [1.807, 2.05) is 0 Å². The van der Waals surface area contributed by atoms with Crippen molar-refractivity contribution in [2.24, 2.45) is 16.8 Å². The average Bonchev–Trinajstić information content (AvgIpc) is 3.09. The van der Waals surface area contributed by atoms with E-state index in [2.05, 4.69) is 54.8 Å². The molecule has 0 spiro atoms. The maximum Gasteiger partial charge on any atom is 0.193 e. The average molecular weight is 352 g/mol. The highest BCUT2D eigenvalue weighted by Gasteiger charge is 2.29. The summed E-state index contributed by atoms with van der Waals surface area (Å²) in [6, 6.07) is 0.528. The minimum atomic E-state index is 0.528. The lowest BCUT2D eigenvalue weighted by Crippen LogP contribution is -2.49. The van der Waals surface area contributed by atoms with Gasteiger partial charge in [-0.3, -0.25) is 9.89 Å². The molecule has 0 aromatic rings. The molecule has 1 N–H and O–H groups in total. The number of likely N-dealkylation sites (tertiary alicyclic amines) is 1. The van der Waals surface area contributed by atoms with Crippen molar-refractivity contribution in [3.05, 3.63) is 0 Å². The Kier molecular flexibility index (Phi) is 8.50. The van der Waals surface area contributed by atoms with E-state index in [9.17, 15) is 0 Å². The van der Waals surface area contributed by atoms with Gasteiger partial charge in [0.1, 0.15) is 0 Å². The Morgan fingerprint density at radius 1 is 1.08 bits per heavy atom. The Hall–Kier alpha value is -0.810. The standard InChI is InChI=1S/C20H41N5/c1-6-18(7-2)19-9-10-25(16-19)20(21-8-3)22-15-17(4)24-13-11-23(5)12-14-24/h17-19H,6-16H2,1-5H3,(H,21,22). The zero-order valence-electron chi connectivity index (χ0n) is 17.3. The summed E-state index contributed by atoms with van der Waals surface area (Å²) in [6.45, 7) is 18.1. The highest BCUT2D eigenvalue weighted by molar-refractivity contribution is 5.80. The largest absolute Gasteiger partial charge is 0.357 e. The fraction of sp³-hybridized carbons (Fsp3) is 0.950. The third-order valence-corrected chi connectivity index (χ3v) is 6.24. The Balaban J connectivity index is 1.90. The third-order valence-electron chi connectivity index (χ3n) is 6.24. The van der Waals surface area contributed by atoms with Gasteiger partial charge in [-0.1, -0.05) is 26.7 Å². The molecule has 2 heterocycles. The van der Waals surface area contributed by atoms with Crippen LogP contribution in [0.4, 0.5) is 0 Å². The first-order valence-corrected chi connectivity index (χ1v) is 10.5. The number of nitrogens with one attached hydrogen (secondary N) is 1. The number of rotatable bonds is 7. The van der Waals surface area contributed by atoms with E-state index in [1.165, 1.54) is 52.0 Å². The maximum atomic E-state index is 5.01. The molecule has 0 bridgehead atoms. The first-order valence-electron chi connectivity index (χ1n) is 10.5. The number of likely N-dealkylation sites (N-methyl/N-ethyl adjacent to an activating group) is 1. The van der Waals surface area contributed by atoms with E-state index >= 15 is 0 Å². The maximum absolute atomic E-state index is 5.01. The molecule has 2 rings (SSSR count). The zero-order chi connectivity index (χ0) is 18.2. The van der Waals surface area contributed by atoms with Crippen LogP contribution in [-0.2, 0) is 0 Å². The van der Waals surface area contributed by atoms with Gasteiger partial charge in [-0.2, -0.15) is 0 Å². The van der Waals surface area contributed by atoms with Gasteiger partial charge < -0.3 is 15.1 Å². The van der Waals surface area contributed by atoms with Crippen molar-refractivity contribution >= 4 is 5.96 Å². The summed E-state index contributed by atoms with van der Waals surface area (Å²) in [5.41, 5.74) is 0. The molecule has 2 unspecified atom stereocenters. The predicted molar refractivity (Wildman–Crippen MR) is 108 cm³/mol. The summed E-state index contributed by atoms with van der Waals surface area (Å²) in [6.07, 6.45) is 3.94. The Morgan fingerprint density at radius 2 is 1.76 bits per heavy atom. The van der Waals surface area contributed by atoms with Crippen LogP contribution in [0.2, 0.25) is 0 Å². The number of guanidine groups is 1. The van der Waals surface area contributed by atoms with Crippen LogP contribution in [0, 0.1) is 11.8 Å². The molecule has 2 aliphatic rings. The molecule has 146 valence electrons. The lowest BCUT2D eigenvalue weighted by Gasteiger charge is -2.36. The summed E-state index contributed by atoms with van der Waals surface area (Å²) < 4.78 is 0. The van der Waals surface area contributed by atoms with Gasteiger partial charge >= 0.3 is 0 Å². The molecule has 5 nitrogen and oxygen atoms in total. The molecule has 0 aliphatic carbocycles. The number of nitrogens with zero attached hydrogens (tertiary/aromatic N) is 4. The van der Waals surface area contributed by atoms with Gasteiger partial charge in [-0.15, -0.1) is 0 Å². The molecule has 0 amide bonds. The summed E-state index contributed by atoms with van der Waals surface area (Å²) >= 11 is 0. The van der Waals surface area contributed by atoms with E-state index < -0.39 is 0 Å². The van der Waals surface area contributed by atoms with E-state index in [-0.39, 0.29) is 0 Å². The van der Waals surface area contributed by atoms with Crippen LogP contribution >= 0.6 is 0 Å². The van der Waals surface area contributed by atoms with Crippen molar-refractivity contribution in [2.75, 3.05) is 59.4 Å². The molecule has 5 heteroatoms. The van der Waals surface area contributed by atoms with Gasteiger partial charge in [-0.25, -0.2) is 0 Å². The van der Waals surface area contributed by atoms with Crippen LogP contribution in [0.25, 0.3) is 0 Å². The first-order chi connectivity index (χ1) is 12.1. The monoisotopic (exact) mass is 351 g/mol. The lowest BCUT2D eigenvalue weighted by atomic mass is 9.87. The van der Waals surface area contributed by atoms with Crippen LogP contribution in [0.15, 0.2) is 4.99 Å². The number of piperazine rings is 1. The van der Waals surface area contributed by atoms with E-state index in [0.717, 1.165) is 37.4 Å². The third kappa shape index (κ3) is 5.85. The second kappa shape index (κ2) is 10.4. The molecule has 2 saturated heterocycles. The van der Waals surface area contributed by atoms with Gasteiger partial charge in [-0.05, 0) is 39.2 Å². The molecule has 0 aromatic carbocycles. The summed E-state index contributed by atoms with van der Waals surface area (Å²) in [7, 11) is 2.22. The van der Waals surface area contributed by atoms with Gasteiger partial charge in [0.25, 0.3) is 0 Å². The Morgan fingerprint density at radius 3 is 2.36 bits per heavy atom. The van der Waals surface area contributed by atoms with Crippen LogP contribution in [-0.4, -0.2) is 86.1 Å². The van der Waals surface area contributed by atoms with Crippen LogP contribution in [0.3, 0.4) is 0 Å². The van der Waals surface area contributed by atoms with Gasteiger partial charge in [0, 0.05) is 51.9 Å². The SMILES string of the molecule is CCNC(=NCC(C)N1CCN(C)CC1)N1CCC(C(CC)CC)C1. The number of hydrogen-bond donors (Lipinski definition) is 1. The van der Waals surface area contributed by atoms with Crippen LogP contribution in [0.5, 0.6) is 0 Å². The highest BCUT2D eigenvalue weighted by Crippen LogP contribution is 2.28. The van der Waals surface area contributed by atoms with Gasteiger partial charge in [0.05, 0.1) is 6.54 Å². The lowest BCUT2D eigenvalue weighted by molar-refractivity contribution is 0.122. The molecule has 2 fully saturated rings. The van der Waals surface area contributed by atoms with Crippen molar-refractivity contribution in [3.63, 3.8) is 0 Å². The summed E-state index contributed by atoms with van der Waals surface area (Å²) in [4.78, 5) is 12.5. The van der Waals surface area contributed by atoms with Crippen LogP contribution in [0.1, 0.15) is 47.0 Å². The normalized spacial score (nSPS) is 25.0. The molecule has 25 heavy (non-hydrogen) atoms. The fourth-order valence-electron chi connectivity index (χ4n) is 4.34. The summed E-state index contributed by atoms with van der Waals surface area (Å²) in [5.74, 6) is 2.85. The van der Waals surface area contributed by atoms with Crippen molar-refractivity contribution in [1.82, 2.24) is 20.0 Å². The molecular formula is C20H41N5.